The Labute approximate surface area is 179 Å². The molecule has 0 bridgehead atoms. The lowest BCUT2D eigenvalue weighted by Crippen LogP contribution is -2.56. The fourth-order valence-electron chi connectivity index (χ4n) is 2.98. The van der Waals surface area contributed by atoms with Crippen LogP contribution in [0.3, 0.4) is 0 Å². The van der Waals surface area contributed by atoms with Gasteiger partial charge in [0.2, 0.25) is 0 Å². The zero-order valence-corrected chi connectivity index (χ0v) is 19.3. The van der Waals surface area contributed by atoms with Crippen LogP contribution < -0.4 is 0 Å². The number of hydrogen-bond acceptors (Lipinski definition) is 5. The molecule has 1 rings (SSSR count). The Morgan fingerprint density at radius 1 is 1.21 bits per heavy atom. The summed E-state index contributed by atoms with van der Waals surface area (Å²) in [5.41, 5.74) is -1.86. The number of aliphatic carboxylic acids is 1. The summed E-state index contributed by atoms with van der Waals surface area (Å²) in [4.78, 5) is 12.5. The first-order valence-corrected chi connectivity index (χ1v) is 11.9. The lowest BCUT2D eigenvalue weighted by atomic mass is 9.71. The van der Waals surface area contributed by atoms with Crippen LogP contribution in [-0.2, 0) is 30.4 Å². The van der Waals surface area contributed by atoms with E-state index in [-0.39, 0.29) is 43.6 Å². The topological polar surface area (TPSA) is 89.9 Å². The number of halogens is 1. The molecule has 166 valence electrons. The number of carboxylic acid groups (broad SMARTS) is 1. The van der Waals surface area contributed by atoms with E-state index in [1.807, 2.05) is 44.2 Å². The van der Waals surface area contributed by atoms with Crippen molar-refractivity contribution >= 4 is 27.7 Å². The number of carboxylic acids is 1. The Hall–Kier alpha value is -1.15. The Morgan fingerprint density at radius 2 is 1.83 bits per heavy atom. The summed E-state index contributed by atoms with van der Waals surface area (Å²) in [6, 6.07) is 9.29. The molecule has 0 unspecified atom stereocenters. The smallest absolute Gasteiger partial charge is 0.336 e. The molecular formula is C21H33ClO6S. The molecule has 0 heterocycles. The number of benzene rings is 1. The highest BCUT2D eigenvalue weighted by Gasteiger charge is 2.53. The molecule has 0 radical (unpaired) electrons. The molecule has 1 atom stereocenters. The molecule has 0 fully saturated rings. The average Bonchev–Trinajstić information content (AvgIpc) is 2.65. The normalized spacial score (nSPS) is 14.7. The summed E-state index contributed by atoms with van der Waals surface area (Å²) < 4.78 is 35.4. The van der Waals surface area contributed by atoms with Gasteiger partial charge in [-0.25, -0.2) is 4.79 Å². The minimum Gasteiger partial charge on any atom is -0.479 e. The van der Waals surface area contributed by atoms with Crippen LogP contribution in [0.1, 0.15) is 52.5 Å². The highest BCUT2D eigenvalue weighted by atomic mass is 35.5. The summed E-state index contributed by atoms with van der Waals surface area (Å²) in [5.74, 6) is -0.859. The van der Waals surface area contributed by atoms with Crippen molar-refractivity contribution in [1.82, 2.24) is 0 Å². The third kappa shape index (κ3) is 7.89. The van der Waals surface area contributed by atoms with Gasteiger partial charge in [-0.2, -0.15) is 8.42 Å². The number of ether oxygens (including phenoxy) is 1. The third-order valence-corrected chi connectivity index (χ3v) is 6.50. The molecule has 0 aliphatic carbocycles. The first-order chi connectivity index (χ1) is 13.5. The van der Waals surface area contributed by atoms with E-state index in [1.54, 1.807) is 13.8 Å². The van der Waals surface area contributed by atoms with Crippen LogP contribution in [0.5, 0.6) is 0 Å². The van der Waals surface area contributed by atoms with E-state index in [9.17, 15) is 18.3 Å². The van der Waals surface area contributed by atoms with Gasteiger partial charge in [-0.15, -0.1) is 11.6 Å². The van der Waals surface area contributed by atoms with Crippen LogP contribution in [0.25, 0.3) is 0 Å². The maximum Gasteiger partial charge on any atom is 0.336 e. The van der Waals surface area contributed by atoms with E-state index in [2.05, 4.69) is 0 Å². The van der Waals surface area contributed by atoms with E-state index in [0.29, 0.717) is 6.42 Å². The lowest BCUT2D eigenvalue weighted by molar-refractivity contribution is -0.195. The highest BCUT2D eigenvalue weighted by Crippen LogP contribution is 2.41. The fraction of sp³-hybridized carbons (Fsp3) is 0.667. The maximum atomic E-state index is 12.5. The first-order valence-electron chi connectivity index (χ1n) is 9.80. The minimum absolute atomic E-state index is 0.105. The molecule has 0 saturated carbocycles. The maximum absolute atomic E-state index is 12.5. The van der Waals surface area contributed by atoms with Gasteiger partial charge in [0.1, 0.15) is 0 Å². The predicted octanol–water partition coefficient (Wildman–Crippen LogP) is 4.46. The molecule has 8 heteroatoms. The SMILES string of the molecule is CC(C)CC[C@@](OCc1ccccc1)(C(=O)O)C(C)(C)COS(=O)(=O)CCCCl. The molecule has 29 heavy (non-hydrogen) atoms. The van der Waals surface area contributed by atoms with Gasteiger partial charge in [-0.05, 0) is 30.7 Å². The van der Waals surface area contributed by atoms with Gasteiger partial charge in [0.05, 0.1) is 19.0 Å². The van der Waals surface area contributed by atoms with Crippen molar-refractivity contribution < 1.29 is 27.2 Å². The van der Waals surface area contributed by atoms with Crippen LogP contribution in [-0.4, -0.2) is 43.3 Å². The molecule has 0 spiro atoms. The number of hydrogen-bond donors (Lipinski definition) is 1. The molecule has 6 nitrogen and oxygen atoms in total. The quantitative estimate of drug-likeness (QED) is 0.333. The molecule has 0 aromatic heterocycles. The monoisotopic (exact) mass is 448 g/mol. The summed E-state index contributed by atoms with van der Waals surface area (Å²) in [5, 5.41) is 10.2. The molecule has 0 saturated heterocycles. The standard InChI is InChI=1S/C21H33ClO6S/c1-17(2)11-12-21(19(23)24,27-15-18-9-6-5-7-10-18)20(3,4)16-28-29(25,26)14-8-13-22/h5-7,9-10,17H,8,11-16H2,1-4H3,(H,23,24)/t21-/m1/s1. The second-order valence-corrected chi connectivity index (χ2v) is 10.4. The zero-order chi connectivity index (χ0) is 22.1. The van der Waals surface area contributed by atoms with Crippen LogP contribution in [0.2, 0.25) is 0 Å². The summed E-state index contributed by atoms with van der Waals surface area (Å²) in [7, 11) is -3.79. The van der Waals surface area contributed by atoms with Crippen LogP contribution in [0.4, 0.5) is 0 Å². The Balaban J connectivity index is 3.12. The fourth-order valence-corrected chi connectivity index (χ4v) is 4.36. The summed E-state index contributed by atoms with van der Waals surface area (Å²) in [6.07, 6.45) is 1.13. The van der Waals surface area contributed by atoms with Crippen molar-refractivity contribution in [2.75, 3.05) is 18.2 Å². The molecule has 1 aromatic carbocycles. The van der Waals surface area contributed by atoms with Gasteiger partial charge < -0.3 is 9.84 Å². The summed E-state index contributed by atoms with van der Waals surface area (Å²) >= 11 is 5.56. The average molecular weight is 449 g/mol. The molecular weight excluding hydrogens is 416 g/mol. The second-order valence-electron chi connectivity index (χ2n) is 8.29. The van der Waals surface area contributed by atoms with Crippen molar-refractivity contribution in [1.29, 1.82) is 0 Å². The molecule has 1 N–H and O–H groups in total. The molecule has 0 aliphatic heterocycles. The first kappa shape index (κ1) is 25.9. The van der Waals surface area contributed by atoms with Crippen LogP contribution in [0, 0.1) is 11.3 Å². The molecule has 1 aromatic rings. The van der Waals surface area contributed by atoms with Gasteiger partial charge in [-0.1, -0.05) is 58.0 Å². The molecule has 0 aliphatic rings. The van der Waals surface area contributed by atoms with Crippen molar-refractivity contribution in [3.05, 3.63) is 35.9 Å². The van der Waals surface area contributed by atoms with Crippen molar-refractivity contribution in [2.45, 2.75) is 59.2 Å². The Bertz CT molecular complexity index is 733. The minimum atomic E-state index is -3.79. The van der Waals surface area contributed by atoms with Gasteiger partial charge in [0.25, 0.3) is 10.1 Å². The van der Waals surface area contributed by atoms with E-state index >= 15 is 0 Å². The van der Waals surface area contributed by atoms with Gasteiger partial charge in [-0.3, -0.25) is 4.18 Å². The second kappa shape index (κ2) is 11.3. The molecule has 0 amide bonds. The number of carbonyl (C=O) groups is 1. The van der Waals surface area contributed by atoms with Gasteiger partial charge >= 0.3 is 5.97 Å². The van der Waals surface area contributed by atoms with E-state index in [1.165, 1.54) is 0 Å². The van der Waals surface area contributed by atoms with Crippen molar-refractivity contribution in [3.63, 3.8) is 0 Å². The lowest BCUT2D eigenvalue weighted by Gasteiger charge is -2.43. The predicted molar refractivity (Wildman–Crippen MR) is 115 cm³/mol. The Kier molecular flexibility index (Phi) is 10.1. The number of alkyl halides is 1. The van der Waals surface area contributed by atoms with Crippen molar-refractivity contribution in [3.8, 4) is 0 Å². The van der Waals surface area contributed by atoms with Crippen molar-refractivity contribution in [2.24, 2.45) is 11.3 Å². The number of rotatable bonds is 14. The Morgan fingerprint density at radius 3 is 2.34 bits per heavy atom. The third-order valence-electron chi connectivity index (χ3n) is 4.97. The summed E-state index contributed by atoms with van der Waals surface area (Å²) in [6.45, 7) is 7.16. The van der Waals surface area contributed by atoms with Gasteiger partial charge in [0.15, 0.2) is 5.60 Å². The van der Waals surface area contributed by atoms with Crippen LogP contribution >= 0.6 is 11.6 Å². The highest BCUT2D eigenvalue weighted by molar-refractivity contribution is 7.86. The van der Waals surface area contributed by atoms with E-state index in [0.717, 1.165) is 5.56 Å². The largest absolute Gasteiger partial charge is 0.479 e. The van der Waals surface area contributed by atoms with Crippen LogP contribution in [0.15, 0.2) is 30.3 Å². The van der Waals surface area contributed by atoms with E-state index in [4.69, 9.17) is 20.5 Å². The zero-order valence-electron chi connectivity index (χ0n) is 17.7. The van der Waals surface area contributed by atoms with E-state index < -0.39 is 27.1 Å². The van der Waals surface area contributed by atoms with Gasteiger partial charge in [0, 0.05) is 11.3 Å².